The molecule has 4 heteroatoms. The first kappa shape index (κ1) is 11.6. The van der Waals surface area contributed by atoms with Gasteiger partial charge in [0.1, 0.15) is 4.88 Å². The summed E-state index contributed by atoms with van der Waals surface area (Å²) in [6.45, 7) is 3.67. The maximum Gasteiger partial charge on any atom is 0.348 e. The highest BCUT2D eigenvalue weighted by atomic mass is 32.1. The fourth-order valence-electron chi connectivity index (χ4n) is 1.90. The summed E-state index contributed by atoms with van der Waals surface area (Å²) in [6.07, 6.45) is 2.25. The van der Waals surface area contributed by atoms with Crippen LogP contribution in [0.15, 0.2) is 6.07 Å². The normalized spacial score (nSPS) is 19.6. The molecule has 1 heterocycles. The molecule has 3 nitrogen and oxygen atoms in total. The number of rotatable bonds is 2. The highest BCUT2D eigenvalue weighted by molar-refractivity contribution is 7.14. The first-order chi connectivity index (χ1) is 7.58. The molecule has 1 aliphatic rings. The predicted octanol–water partition coefficient (Wildman–Crippen LogP) is 2.68. The fraction of sp³-hybridized carbons (Fsp3) is 0.583. The van der Waals surface area contributed by atoms with E-state index in [4.69, 9.17) is 4.74 Å². The van der Waals surface area contributed by atoms with E-state index in [9.17, 15) is 9.90 Å². The number of hydrogen-bond donors (Lipinski definition) is 1. The van der Waals surface area contributed by atoms with Crippen LogP contribution in [-0.2, 0) is 11.2 Å². The molecule has 0 saturated carbocycles. The van der Waals surface area contributed by atoms with E-state index in [-0.39, 0.29) is 12.1 Å². The van der Waals surface area contributed by atoms with Crippen LogP contribution in [-0.4, -0.2) is 17.2 Å². The average Bonchev–Trinajstić information content (AvgIpc) is 2.61. The van der Waals surface area contributed by atoms with Gasteiger partial charge in [-0.05, 0) is 44.7 Å². The molecule has 1 aromatic heterocycles. The van der Waals surface area contributed by atoms with Gasteiger partial charge in [0.15, 0.2) is 0 Å². The number of ether oxygens (including phenoxy) is 1. The van der Waals surface area contributed by atoms with Gasteiger partial charge < -0.3 is 9.84 Å². The Kier molecular flexibility index (Phi) is 3.30. The summed E-state index contributed by atoms with van der Waals surface area (Å²) in [4.78, 5) is 13.4. The van der Waals surface area contributed by atoms with Crippen molar-refractivity contribution in [2.75, 3.05) is 0 Å². The summed E-state index contributed by atoms with van der Waals surface area (Å²) in [7, 11) is 0. The van der Waals surface area contributed by atoms with Crippen molar-refractivity contribution < 1.29 is 14.6 Å². The van der Waals surface area contributed by atoms with Gasteiger partial charge in [0.05, 0.1) is 12.2 Å². The Bertz CT molecular complexity index is 395. The van der Waals surface area contributed by atoms with E-state index in [0.717, 1.165) is 29.7 Å². The molecular formula is C12H16O3S. The lowest BCUT2D eigenvalue weighted by atomic mass is 9.96. The molecule has 0 amide bonds. The second-order valence-electron chi connectivity index (χ2n) is 4.35. The number of carbonyl (C=O) groups excluding carboxylic acids is 1. The Morgan fingerprint density at radius 3 is 3.00 bits per heavy atom. The third kappa shape index (κ3) is 2.28. The van der Waals surface area contributed by atoms with Crippen molar-refractivity contribution >= 4 is 17.3 Å². The number of aliphatic hydroxyl groups is 1. The van der Waals surface area contributed by atoms with Crippen molar-refractivity contribution in [2.24, 2.45) is 0 Å². The minimum absolute atomic E-state index is 0.100. The standard InChI is InChI=1S/C12H16O3S/c1-7(2)15-12(14)11-6-8-9(13)4-3-5-10(8)16-11/h6-7,9,13H,3-5H2,1-2H3. The van der Waals surface area contributed by atoms with E-state index >= 15 is 0 Å². The molecule has 0 bridgehead atoms. The lowest BCUT2D eigenvalue weighted by molar-refractivity contribution is 0.0383. The molecule has 2 rings (SSSR count). The smallest absolute Gasteiger partial charge is 0.348 e. The van der Waals surface area contributed by atoms with Crippen LogP contribution in [0, 0.1) is 0 Å². The highest BCUT2D eigenvalue weighted by Crippen LogP contribution is 2.35. The average molecular weight is 240 g/mol. The van der Waals surface area contributed by atoms with Crippen LogP contribution in [0.25, 0.3) is 0 Å². The van der Waals surface area contributed by atoms with Crippen LogP contribution in [0.5, 0.6) is 0 Å². The first-order valence-electron chi connectivity index (χ1n) is 5.59. The highest BCUT2D eigenvalue weighted by Gasteiger charge is 2.23. The quantitative estimate of drug-likeness (QED) is 0.808. The maximum absolute atomic E-state index is 11.7. The number of hydrogen-bond acceptors (Lipinski definition) is 4. The van der Waals surface area contributed by atoms with Gasteiger partial charge in [-0.2, -0.15) is 0 Å². The number of thiophene rings is 1. The molecule has 1 unspecified atom stereocenters. The van der Waals surface area contributed by atoms with Gasteiger partial charge in [0, 0.05) is 4.88 Å². The van der Waals surface area contributed by atoms with E-state index in [1.165, 1.54) is 11.3 Å². The van der Waals surface area contributed by atoms with Gasteiger partial charge in [0.2, 0.25) is 0 Å². The Morgan fingerprint density at radius 1 is 1.62 bits per heavy atom. The Hall–Kier alpha value is -0.870. The van der Waals surface area contributed by atoms with E-state index in [0.29, 0.717) is 4.88 Å². The minimum Gasteiger partial charge on any atom is -0.459 e. The van der Waals surface area contributed by atoms with Crippen molar-refractivity contribution in [1.29, 1.82) is 0 Å². The first-order valence-corrected chi connectivity index (χ1v) is 6.41. The predicted molar refractivity (Wildman–Crippen MR) is 62.8 cm³/mol. The lowest BCUT2D eigenvalue weighted by Gasteiger charge is -2.16. The summed E-state index contributed by atoms with van der Waals surface area (Å²) in [5, 5.41) is 9.79. The van der Waals surface area contributed by atoms with E-state index in [1.54, 1.807) is 6.07 Å². The van der Waals surface area contributed by atoms with Crippen molar-refractivity contribution in [2.45, 2.75) is 45.3 Å². The molecule has 0 aliphatic heterocycles. The van der Waals surface area contributed by atoms with E-state index in [1.807, 2.05) is 13.8 Å². The number of carbonyl (C=O) groups is 1. The number of aliphatic hydroxyl groups excluding tert-OH is 1. The molecule has 1 aliphatic carbocycles. The van der Waals surface area contributed by atoms with Crippen LogP contribution in [0.2, 0.25) is 0 Å². The van der Waals surface area contributed by atoms with E-state index < -0.39 is 6.10 Å². The molecule has 0 saturated heterocycles. The molecule has 0 fully saturated rings. The summed E-state index contributed by atoms with van der Waals surface area (Å²) in [5.74, 6) is -0.276. The molecule has 16 heavy (non-hydrogen) atoms. The monoisotopic (exact) mass is 240 g/mol. The minimum atomic E-state index is -0.402. The fourth-order valence-corrected chi connectivity index (χ4v) is 3.05. The van der Waals surface area contributed by atoms with Crippen molar-refractivity contribution in [1.82, 2.24) is 0 Å². The van der Waals surface area contributed by atoms with Crippen LogP contribution in [0.4, 0.5) is 0 Å². The molecule has 1 atom stereocenters. The molecule has 0 radical (unpaired) electrons. The zero-order chi connectivity index (χ0) is 11.7. The molecule has 1 N–H and O–H groups in total. The third-order valence-corrected chi connectivity index (χ3v) is 3.82. The molecule has 0 aromatic carbocycles. The molecule has 0 spiro atoms. The number of esters is 1. The molecule has 88 valence electrons. The van der Waals surface area contributed by atoms with Crippen molar-refractivity contribution in [3.63, 3.8) is 0 Å². The van der Waals surface area contributed by atoms with Crippen LogP contribution < -0.4 is 0 Å². The van der Waals surface area contributed by atoms with Gasteiger partial charge in [-0.25, -0.2) is 4.79 Å². The summed E-state index contributed by atoms with van der Waals surface area (Å²) < 4.78 is 5.14. The summed E-state index contributed by atoms with van der Waals surface area (Å²) in [5.41, 5.74) is 0.923. The van der Waals surface area contributed by atoms with Crippen molar-refractivity contribution in [3.8, 4) is 0 Å². The van der Waals surface area contributed by atoms with Crippen LogP contribution in [0.3, 0.4) is 0 Å². The maximum atomic E-state index is 11.7. The largest absolute Gasteiger partial charge is 0.459 e. The lowest BCUT2D eigenvalue weighted by Crippen LogP contribution is -2.10. The SMILES string of the molecule is CC(C)OC(=O)c1cc2c(s1)CCCC2O. The van der Waals surface area contributed by atoms with Crippen LogP contribution >= 0.6 is 11.3 Å². The zero-order valence-electron chi connectivity index (χ0n) is 9.53. The Labute approximate surface area is 99.1 Å². The van der Waals surface area contributed by atoms with Gasteiger partial charge in [-0.3, -0.25) is 0 Å². The third-order valence-electron chi connectivity index (χ3n) is 2.63. The molecular weight excluding hydrogens is 224 g/mol. The Morgan fingerprint density at radius 2 is 2.38 bits per heavy atom. The van der Waals surface area contributed by atoms with Gasteiger partial charge in [-0.15, -0.1) is 11.3 Å². The van der Waals surface area contributed by atoms with Gasteiger partial charge >= 0.3 is 5.97 Å². The summed E-state index contributed by atoms with van der Waals surface area (Å²) in [6, 6.07) is 1.79. The van der Waals surface area contributed by atoms with Crippen molar-refractivity contribution in [3.05, 3.63) is 21.4 Å². The van der Waals surface area contributed by atoms with E-state index in [2.05, 4.69) is 0 Å². The zero-order valence-corrected chi connectivity index (χ0v) is 10.3. The topological polar surface area (TPSA) is 46.5 Å². The van der Waals surface area contributed by atoms with Crippen LogP contribution in [0.1, 0.15) is 52.9 Å². The van der Waals surface area contributed by atoms with Gasteiger partial charge in [-0.1, -0.05) is 0 Å². The number of fused-ring (bicyclic) bond motifs is 1. The molecule has 1 aromatic rings. The van der Waals surface area contributed by atoms with Gasteiger partial charge in [0.25, 0.3) is 0 Å². The Balaban J connectivity index is 2.21. The number of aryl methyl sites for hydroxylation is 1. The second kappa shape index (κ2) is 4.55. The second-order valence-corrected chi connectivity index (χ2v) is 5.49. The summed E-state index contributed by atoms with van der Waals surface area (Å²) >= 11 is 1.45.